The van der Waals surface area contributed by atoms with Crippen molar-refractivity contribution < 1.29 is 64.6 Å². The van der Waals surface area contributed by atoms with Crippen molar-refractivity contribution in [2.75, 3.05) is 67.9 Å². The third-order valence-corrected chi connectivity index (χ3v) is 22.1. The number of carboxylic acids is 1. The van der Waals surface area contributed by atoms with Crippen molar-refractivity contribution in [3.8, 4) is 16.9 Å². The lowest BCUT2D eigenvalue weighted by molar-refractivity contribution is -0.142. The number of carboxylic acid groups (broad SMARTS) is 1. The molecule has 8 N–H and O–H groups in total. The molecule has 0 radical (unpaired) electrons. The molecule has 0 aliphatic carbocycles. The molecule has 0 amide bonds. The Morgan fingerprint density at radius 1 is 0.539 bits per heavy atom. The highest BCUT2D eigenvalue weighted by Crippen LogP contribution is 2.36. The molecule has 12 aromatic rings. The lowest BCUT2D eigenvalue weighted by Crippen LogP contribution is -2.34. The molecular formula is C80H87BBr3ClF2N14O12S2-2. The van der Waals surface area contributed by atoms with Crippen LogP contribution >= 0.6 is 59.4 Å². The number of hydrogen-bond acceptors (Lipinski definition) is 25. The maximum absolute atomic E-state index is 14.6. The van der Waals surface area contributed by atoms with Crippen LogP contribution in [0.3, 0.4) is 0 Å². The molecule has 115 heavy (non-hydrogen) atoms. The van der Waals surface area contributed by atoms with Crippen molar-refractivity contribution in [2.24, 2.45) is 5.92 Å². The first-order chi connectivity index (χ1) is 55.4. The summed E-state index contributed by atoms with van der Waals surface area (Å²) in [6.07, 6.45) is 21.5. The van der Waals surface area contributed by atoms with Gasteiger partial charge in [0.1, 0.15) is 33.9 Å². The second kappa shape index (κ2) is 44.1. The Balaban J connectivity index is 0.000000151. The number of phenolic OH excluding ortho intramolecular Hbond substituents is 1. The number of nitrogens with one attached hydrogen (secondary N) is 2. The van der Waals surface area contributed by atoms with E-state index in [-0.39, 0.29) is 40.1 Å². The van der Waals surface area contributed by atoms with Crippen molar-refractivity contribution in [1.82, 2.24) is 55.5 Å². The Hall–Kier alpha value is -8.65. The number of nitrogens with zero attached hydrogens (tertiary/aromatic N) is 11. The summed E-state index contributed by atoms with van der Waals surface area (Å²) in [6, 6.07) is 30.2. The van der Waals surface area contributed by atoms with Crippen molar-refractivity contribution in [2.45, 2.75) is 121 Å². The van der Waals surface area contributed by atoms with Gasteiger partial charge in [-0.05, 0) is 221 Å². The maximum Gasteiger partial charge on any atom is 0.491 e. The smallest absolute Gasteiger partial charge is 0.491 e. The average Bonchev–Trinajstić information content (AvgIpc) is 1.70. The van der Waals surface area contributed by atoms with Crippen molar-refractivity contribution >= 4 is 151 Å². The molecule has 2 atom stereocenters. The van der Waals surface area contributed by atoms with E-state index in [0.29, 0.717) is 56.5 Å². The van der Waals surface area contributed by atoms with Crippen LogP contribution in [-0.2, 0) is 57.7 Å². The molecule has 2 unspecified atom stereocenters. The first kappa shape index (κ1) is 88.7. The number of nitrogen functional groups attached to an aromatic ring is 1. The number of nitrogens with two attached hydrogens (primary N) is 1. The fourth-order valence-electron chi connectivity index (χ4n) is 12.7. The maximum atomic E-state index is 14.6. The summed E-state index contributed by atoms with van der Waals surface area (Å²) in [5.41, 5.74) is 15.6. The number of aromatic hydroxyl groups is 1. The molecule has 4 aliphatic rings. The molecule has 6 aromatic carbocycles. The highest BCUT2D eigenvalue weighted by Gasteiger charge is 2.29. The van der Waals surface area contributed by atoms with E-state index < -0.39 is 46.9 Å². The normalized spacial score (nSPS) is 15.2. The Labute approximate surface area is 699 Å². The third kappa shape index (κ3) is 26.7. The highest BCUT2D eigenvalue weighted by molar-refractivity contribution is 9.11. The van der Waals surface area contributed by atoms with E-state index in [1.54, 1.807) is 54.9 Å². The number of hydrogen-bond donors (Lipinski definition) is 7. The zero-order chi connectivity index (χ0) is 82.1. The van der Waals surface area contributed by atoms with Gasteiger partial charge in [-0.2, -0.15) is 0 Å². The summed E-state index contributed by atoms with van der Waals surface area (Å²) in [6.45, 7) is 13.6. The van der Waals surface area contributed by atoms with Crippen molar-refractivity contribution in [1.29, 1.82) is 0 Å². The zero-order valence-electron chi connectivity index (χ0n) is 63.2. The molecule has 16 rings (SSSR count). The van der Waals surface area contributed by atoms with E-state index in [4.69, 9.17) is 55.8 Å². The Kier molecular flexibility index (Phi) is 34.0. The quantitative estimate of drug-likeness (QED) is 0.0165. The van der Waals surface area contributed by atoms with Gasteiger partial charge in [-0.3, -0.25) is 13.2 Å². The molecule has 608 valence electrons. The van der Waals surface area contributed by atoms with E-state index in [2.05, 4.69) is 122 Å². The van der Waals surface area contributed by atoms with Crippen LogP contribution < -0.4 is 31.6 Å². The molecule has 35 heteroatoms. The summed E-state index contributed by atoms with van der Waals surface area (Å²) in [7, 11) is -1.89. The van der Waals surface area contributed by atoms with Crippen LogP contribution in [0.4, 0.5) is 26.4 Å². The van der Waals surface area contributed by atoms with Crippen LogP contribution in [0.15, 0.2) is 173 Å². The van der Waals surface area contributed by atoms with Gasteiger partial charge in [-0.15, -0.1) is 0 Å². The minimum Gasteiger partial charge on any atom is -0.772 e. The number of benzene rings is 6. The van der Waals surface area contributed by atoms with Gasteiger partial charge in [0.15, 0.2) is 34.4 Å². The lowest BCUT2D eigenvalue weighted by atomic mass is 9.79. The number of rotatable bonds is 15. The standard InChI is InChI=1S/C25H25FN4O3S.C18H19BrN4O.C12H13BrN2O.C7H8BFO4S.C6H6BrNO.C6H7ClN2.C6H11NO2/c1-2-16-13-27-25(28-14-16)30-9-7-18(8-10-30)24-29-22-12-19(4-6-23(22)33-24)20-5-3-17(11-21(20)26)15-34(31)32;1-2-12-10-20-18(21-11-12)23-7-5-13(6-8-23)17-22-15-9-14(19)3-4-16(15)24-17;13-9-1-2-11-10(7-9)15-12(16-11)8-3-5-14-6-4-8;9-7-3-5(4-14(12)13)1-2-6(7)8(10)11;7-4-1-2-6(9)5(8)3-4;1-2-5-3-8-6(7)9-4-5;8-6(9)5-1-3-7-4-2-5/h3-6,11-14,18H,2,7-10,15H2,1H3,(H,31,32);3-4,9-11,13H,2,5-8H2,1H3;1-2,7-8,14H,3-6H2;1-3,10-11H,4H2,(H,12,13);1-3,9H,8H2;3-4H,2H2,1H3;5,7H,1-4H2,(H,8,9)/p-2. The first-order valence-electron chi connectivity index (χ1n) is 37.4. The Bertz CT molecular complexity index is 5180. The average molecular weight is 1820 g/mol. The molecule has 26 nitrogen and oxygen atoms in total. The molecule has 6 aromatic heterocycles. The van der Waals surface area contributed by atoms with Gasteiger partial charge < -0.3 is 68.8 Å². The molecule has 4 aliphatic heterocycles. The van der Waals surface area contributed by atoms with Gasteiger partial charge in [0.05, 0.1) is 11.6 Å². The summed E-state index contributed by atoms with van der Waals surface area (Å²) in [5.74, 6) is 2.66. The first-order valence-corrected chi connectivity index (χ1v) is 42.7. The van der Waals surface area contributed by atoms with E-state index in [9.17, 15) is 31.1 Å². The van der Waals surface area contributed by atoms with Crippen LogP contribution in [0.25, 0.3) is 44.4 Å². The second-order valence-corrected chi connectivity index (χ2v) is 32.2. The summed E-state index contributed by atoms with van der Waals surface area (Å²) in [5, 5.41) is 41.5. The number of anilines is 3. The van der Waals surface area contributed by atoms with Crippen LogP contribution in [-0.4, -0.2) is 148 Å². The molecule has 10 heterocycles. The van der Waals surface area contributed by atoms with E-state index >= 15 is 0 Å². The van der Waals surface area contributed by atoms with E-state index in [1.165, 1.54) is 17.7 Å². The minimum atomic E-state index is -2.28. The zero-order valence-corrected chi connectivity index (χ0v) is 70.4. The molecule has 4 saturated heterocycles. The molecule has 0 saturated carbocycles. The Morgan fingerprint density at radius 3 is 1.32 bits per heavy atom. The SMILES string of the molecule is Brc1ccc2oc(C3CCNCC3)nc2c1.CCc1cnc(Cl)nc1.CCc1cnc(N2CCC(c3nc4cc(-c5ccc(CS(=O)[O-])cc5F)ccc4o3)CC2)nc1.CCc1cnc(N2CCC(c3nc4cc(Br)ccc4o3)CC2)nc1.Nc1cc(Br)ccc1O.O=C(O)C1CCNCC1.O=S([O-])Cc1ccc(B(O)O)c(F)c1. The second-order valence-electron chi connectivity index (χ2n) is 27.3. The minimum absolute atomic E-state index is 0.0914. The van der Waals surface area contributed by atoms with Crippen LogP contribution in [0.2, 0.25) is 5.28 Å². The van der Waals surface area contributed by atoms with Gasteiger partial charge >= 0.3 is 13.1 Å². The molecule has 0 spiro atoms. The molecule has 0 bridgehead atoms. The number of aromatic nitrogens is 9. The number of aryl methyl sites for hydroxylation is 3. The predicted molar refractivity (Wildman–Crippen MR) is 450 cm³/mol. The number of fused-ring (bicyclic) bond motifs is 3. The van der Waals surface area contributed by atoms with E-state index in [1.807, 2.05) is 74.2 Å². The van der Waals surface area contributed by atoms with Crippen molar-refractivity contribution in [3.63, 3.8) is 0 Å². The summed E-state index contributed by atoms with van der Waals surface area (Å²) >= 11 is 11.0. The Morgan fingerprint density at radius 2 is 0.930 bits per heavy atom. The van der Waals surface area contributed by atoms with Gasteiger partial charge in [-0.25, -0.2) is 53.6 Å². The lowest BCUT2D eigenvalue weighted by Gasteiger charge is -2.30. The fourth-order valence-corrected chi connectivity index (χ4v) is 14.8. The van der Waals surface area contributed by atoms with Crippen LogP contribution in [0.1, 0.15) is 135 Å². The topological polar surface area (TPSA) is 390 Å². The number of carbonyl (C=O) groups is 1. The number of halogens is 6. The fraction of sp³-hybridized carbons (Fsp3) is 0.350. The number of piperidine rings is 4. The van der Waals surface area contributed by atoms with Crippen LogP contribution in [0, 0.1) is 17.6 Å². The number of phenols is 1. The predicted octanol–water partition coefficient (Wildman–Crippen LogP) is 14.5. The number of aliphatic carboxylic acids is 1. The number of oxazole rings is 3. The monoisotopic (exact) mass is 1820 g/mol. The summed E-state index contributed by atoms with van der Waals surface area (Å²) < 4.78 is 90.7. The van der Waals surface area contributed by atoms with Gasteiger partial charge in [-0.1, -0.05) is 121 Å². The van der Waals surface area contributed by atoms with Gasteiger partial charge in [0.25, 0.3) is 0 Å². The molecular weight excluding hydrogens is 1740 g/mol. The summed E-state index contributed by atoms with van der Waals surface area (Å²) in [4.78, 5) is 54.3. The third-order valence-electron chi connectivity index (χ3n) is 19.3. The highest BCUT2D eigenvalue weighted by atomic mass is 79.9. The van der Waals surface area contributed by atoms with Crippen LogP contribution in [0.5, 0.6) is 5.75 Å². The molecule has 4 fully saturated rings. The largest absolute Gasteiger partial charge is 0.772 e. The van der Waals surface area contributed by atoms with Gasteiger partial charge in [0, 0.05) is 117 Å². The van der Waals surface area contributed by atoms with Gasteiger partial charge in [0.2, 0.25) is 17.2 Å². The van der Waals surface area contributed by atoms with Crippen molar-refractivity contribution in [3.05, 3.63) is 222 Å². The van der Waals surface area contributed by atoms with E-state index in [0.717, 1.165) is 206 Å².